The molecule has 2 rings (SSSR count). The van der Waals surface area contributed by atoms with Crippen molar-refractivity contribution in [3.8, 4) is 0 Å². The maximum atomic E-state index is 12.6. The van der Waals surface area contributed by atoms with Crippen LogP contribution in [0.15, 0.2) is 4.99 Å². The lowest BCUT2D eigenvalue weighted by Gasteiger charge is -2.39. The number of carbonyl (C=O) groups is 1. The zero-order valence-corrected chi connectivity index (χ0v) is 17.7. The second-order valence-electron chi connectivity index (χ2n) is 7.94. The number of piperazine rings is 1. The largest absolute Gasteiger partial charge is 0.379 e. The molecule has 0 saturated carbocycles. The van der Waals surface area contributed by atoms with Crippen molar-refractivity contribution in [2.75, 3.05) is 65.6 Å². The summed E-state index contributed by atoms with van der Waals surface area (Å²) in [6.45, 7) is 16.9. The highest BCUT2D eigenvalue weighted by Gasteiger charge is 2.30. The third-order valence-electron chi connectivity index (χ3n) is 5.22. The van der Waals surface area contributed by atoms with Gasteiger partial charge in [0, 0.05) is 52.4 Å². The topological polar surface area (TPSA) is 60.4 Å². The number of likely N-dealkylation sites (tertiary alicyclic amines) is 1. The molecule has 1 unspecified atom stereocenters. The summed E-state index contributed by atoms with van der Waals surface area (Å²) < 4.78 is 5.63. The first-order chi connectivity index (χ1) is 13.0. The number of nitrogens with zero attached hydrogens (tertiary/aromatic N) is 4. The number of guanidine groups is 1. The second kappa shape index (κ2) is 11.5. The summed E-state index contributed by atoms with van der Waals surface area (Å²) >= 11 is 0. The predicted molar refractivity (Wildman–Crippen MR) is 110 cm³/mol. The first-order valence-electron chi connectivity index (χ1n) is 10.7. The van der Waals surface area contributed by atoms with Crippen LogP contribution in [0.3, 0.4) is 0 Å². The Labute approximate surface area is 165 Å². The van der Waals surface area contributed by atoms with Crippen LogP contribution in [-0.2, 0) is 9.53 Å². The first kappa shape index (κ1) is 22.0. The highest BCUT2D eigenvalue weighted by molar-refractivity contribution is 5.82. The Morgan fingerprint density at radius 1 is 1.04 bits per heavy atom. The van der Waals surface area contributed by atoms with Crippen molar-refractivity contribution in [3.63, 3.8) is 0 Å². The van der Waals surface area contributed by atoms with Gasteiger partial charge in [-0.1, -0.05) is 13.8 Å². The minimum Gasteiger partial charge on any atom is -0.379 e. The summed E-state index contributed by atoms with van der Waals surface area (Å²) in [7, 11) is 0. The van der Waals surface area contributed by atoms with E-state index >= 15 is 0 Å². The Balaban J connectivity index is 1.79. The molecule has 0 aliphatic carbocycles. The fraction of sp³-hybridized carbons (Fsp3) is 0.900. The number of carbonyl (C=O) groups excluding carboxylic acids is 1. The zero-order valence-electron chi connectivity index (χ0n) is 17.7. The molecule has 0 aromatic heterocycles. The van der Waals surface area contributed by atoms with Crippen LogP contribution >= 0.6 is 0 Å². The molecule has 0 spiro atoms. The Kier molecular flexibility index (Phi) is 9.34. The molecule has 2 heterocycles. The molecular weight excluding hydrogens is 342 g/mol. The van der Waals surface area contributed by atoms with Gasteiger partial charge >= 0.3 is 0 Å². The molecule has 0 bridgehead atoms. The lowest BCUT2D eigenvalue weighted by Crippen LogP contribution is -2.57. The lowest BCUT2D eigenvalue weighted by molar-refractivity contribution is -0.135. The van der Waals surface area contributed by atoms with E-state index in [9.17, 15) is 4.79 Å². The monoisotopic (exact) mass is 381 g/mol. The number of nitrogens with one attached hydrogen (secondary N) is 1. The molecule has 1 atom stereocenters. The Hall–Kier alpha value is -1.34. The molecule has 7 nitrogen and oxygen atoms in total. The number of hydrogen-bond acceptors (Lipinski definition) is 4. The van der Waals surface area contributed by atoms with Gasteiger partial charge in [-0.05, 0) is 32.6 Å². The van der Waals surface area contributed by atoms with Gasteiger partial charge in [-0.15, -0.1) is 0 Å². The van der Waals surface area contributed by atoms with Crippen molar-refractivity contribution in [1.29, 1.82) is 0 Å². The van der Waals surface area contributed by atoms with Crippen molar-refractivity contribution in [3.05, 3.63) is 0 Å². The number of rotatable bonds is 8. The van der Waals surface area contributed by atoms with Crippen LogP contribution in [-0.4, -0.2) is 98.2 Å². The molecule has 1 amide bonds. The number of ether oxygens (including phenoxy) is 1. The Morgan fingerprint density at radius 2 is 1.70 bits per heavy atom. The predicted octanol–water partition coefficient (Wildman–Crippen LogP) is 1.25. The molecule has 2 fully saturated rings. The first-order valence-corrected chi connectivity index (χ1v) is 10.7. The van der Waals surface area contributed by atoms with E-state index in [4.69, 9.17) is 9.73 Å². The summed E-state index contributed by atoms with van der Waals surface area (Å²) in [5.74, 6) is 1.81. The smallest absolute Gasteiger partial charge is 0.239 e. The summed E-state index contributed by atoms with van der Waals surface area (Å²) in [4.78, 5) is 24.0. The van der Waals surface area contributed by atoms with Crippen LogP contribution in [0.25, 0.3) is 0 Å². The Morgan fingerprint density at radius 3 is 2.30 bits per heavy atom. The molecule has 1 N–H and O–H groups in total. The van der Waals surface area contributed by atoms with E-state index in [0.717, 1.165) is 71.2 Å². The van der Waals surface area contributed by atoms with E-state index in [1.165, 1.54) is 0 Å². The minimum absolute atomic E-state index is 0.0193. The molecule has 7 heteroatoms. The highest BCUT2D eigenvalue weighted by Crippen LogP contribution is 2.14. The molecule has 0 aromatic carbocycles. The number of amides is 1. The third-order valence-corrected chi connectivity index (χ3v) is 5.22. The van der Waals surface area contributed by atoms with Gasteiger partial charge in [-0.25, -0.2) is 0 Å². The molecule has 2 aliphatic rings. The SMILES string of the molecule is CCNC(=NCCOCC(C)C)N1CCN(C(C)C(=O)N2CCCC2)CC1. The van der Waals surface area contributed by atoms with Gasteiger partial charge in [0.15, 0.2) is 5.96 Å². The van der Waals surface area contributed by atoms with Gasteiger partial charge in [0.1, 0.15) is 0 Å². The van der Waals surface area contributed by atoms with E-state index in [1.54, 1.807) is 0 Å². The van der Waals surface area contributed by atoms with Crippen molar-refractivity contribution >= 4 is 11.9 Å². The quantitative estimate of drug-likeness (QED) is 0.390. The number of hydrogen-bond donors (Lipinski definition) is 1. The summed E-state index contributed by atoms with van der Waals surface area (Å²) in [5, 5.41) is 3.39. The third kappa shape index (κ3) is 6.96. The molecule has 156 valence electrons. The van der Waals surface area contributed by atoms with E-state index in [-0.39, 0.29) is 6.04 Å². The van der Waals surface area contributed by atoms with Crippen molar-refractivity contribution in [1.82, 2.24) is 20.0 Å². The van der Waals surface area contributed by atoms with E-state index in [2.05, 4.69) is 42.8 Å². The second-order valence-corrected chi connectivity index (χ2v) is 7.94. The van der Waals surface area contributed by atoms with Crippen LogP contribution in [0, 0.1) is 5.92 Å². The molecule has 2 saturated heterocycles. The van der Waals surface area contributed by atoms with Gasteiger partial charge in [0.2, 0.25) is 5.91 Å². The van der Waals surface area contributed by atoms with E-state index < -0.39 is 0 Å². The number of aliphatic imine (C=N–C) groups is 1. The summed E-state index contributed by atoms with van der Waals surface area (Å²) in [5.41, 5.74) is 0. The van der Waals surface area contributed by atoms with Crippen molar-refractivity contribution in [2.45, 2.75) is 46.6 Å². The van der Waals surface area contributed by atoms with Gasteiger partial charge < -0.3 is 19.9 Å². The van der Waals surface area contributed by atoms with Gasteiger partial charge in [0.05, 0.1) is 19.2 Å². The maximum Gasteiger partial charge on any atom is 0.239 e. The molecule has 2 aliphatic heterocycles. The van der Waals surface area contributed by atoms with Gasteiger partial charge in [0.25, 0.3) is 0 Å². The minimum atomic E-state index is -0.0193. The average molecular weight is 382 g/mol. The molecule has 0 radical (unpaired) electrons. The van der Waals surface area contributed by atoms with Crippen LogP contribution in [0.4, 0.5) is 0 Å². The highest BCUT2D eigenvalue weighted by atomic mass is 16.5. The standard InChI is InChI=1S/C20H39N5O2/c1-5-21-20(22-8-15-27-16-17(2)3)25-13-11-23(12-14-25)18(4)19(26)24-9-6-7-10-24/h17-18H,5-16H2,1-4H3,(H,21,22). The van der Waals surface area contributed by atoms with Crippen molar-refractivity contribution in [2.24, 2.45) is 10.9 Å². The maximum absolute atomic E-state index is 12.6. The average Bonchev–Trinajstić information content (AvgIpc) is 3.20. The molecule has 27 heavy (non-hydrogen) atoms. The van der Waals surface area contributed by atoms with Gasteiger partial charge in [-0.3, -0.25) is 14.7 Å². The fourth-order valence-electron chi connectivity index (χ4n) is 3.64. The van der Waals surface area contributed by atoms with Crippen LogP contribution in [0.5, 0.6) is 0 Å². The van der Waals surface area contributed by atoms with Gasteiger partial charge in [-0.2, -0.15) is 0 Å². The van der Waals surface area contributed by atoms with Crippen LogP contribution in [0.2, 0.25) is 0 Å². The van der Waals surface area contributed by atoms with Crippen molar-refractivity contribution < 1.29 is 9.53 Å². The van der Waals surface area contributed by atoms with E-state index in [1.807, 2.05) is 4.90 Å². The summed E-state index contributed by atoms with van der Waals surface area (Å²) in [6.07, 6.45) is 2.30. The molecule has 0 aromatic rings. The van der Waals surface area contributed by atoms with Crippen LogP contribution in [0.1, 0.15) is 40.5 Å². The lowest BCUT2D eigenvalue weighted by atomic mass is 10.2. The molecular formula is C20H39N5O2. The van der Waals surface area contributed by atoms with E-state index in [0.29, 0.717) is 25.0 Å². The zero-order chi connectivity index (χ0) is 19.6. The normalized spacial score (nSPS) is 20.4. The Bertz CT molecular complexity index is 469. The summed E-state index contributed by atoms with van der Waals surface area (Å²) in [6, 6.07) is -0.0193. The van der Waals surface area contributed by atoms with Crippen LogP contribution < -0.4 is 5.32 Å². The fourth-order valence-corrected chi connectivity index (χ4v) is 3.64.